The van der Waals surface area contributed by atoms with Crippen LogP contribution in [0, 0.1) is 5.92 Å². The Bertz CT molecular complexity index is 608. The molecule has 0 bridgehead atoms. The van der Waals surface area contributed by atoms with Crippen LogP contribution >= 0.6 is 0 Å². The van der Waals surface area contributed by atoms with Gasteiger partial charge in [-0.15, -0.1) is 0 Å². The van der Waals surface area contributed by atoms with Gasteiger partial charge in [0.1, 0.15) is 5.82 Å². The van der Waals surface area contributed by atoms with Crippen molar-refractivity contribution in [2.45, 2.75) is 31.7 Å². The number of hydrogen-bond acceptors (Lipinski definition) is 3. The van der Waals surface area contributed by atoms with E-state index in [1.54, 1.807) is 12.4 Å². The van der Waals surface area contributed by atoms with Crippen LogP contribution in [0.4, 0.5) is 5.69 Å². The molecule has 1 saturated carbocycles. The number of aromatic nitrogens is 2. The lowest BCUT2D eigenvalue weighted by Gasteiger charge is -2.15. The van der Waals surface area contributed by atoms with E-state index in [1.165, 1.54) is 0 Å². The lowest BCUT2D eigenvalue weighted by molar-refractivity contribution is -0.117. The van der Waals surface area contributed by atoms with E-state index in [2.05, 4.69) is 15.3 Å². The predicted octanol–water partition coefficient (Wildman–Crippen LogP) is 2.53. The Morgan fingerprint density at radius 1 is 1.43 bits per heavy atom. The second-order valence-electron chi connectivity index (χ2n) is 5.63. The number of aromatic amines is 1. The van der Waals surface area contributed by atoms with Crippen molar-refractivity contribution >= 4 is 11.6 Å². The highest BCUT2D eigenvalue weighted by molar-refractivity contribution is 5.91. The SMILES string of the molecule is N[C@@H]1CCC[C@H]1CC(=O)Nc1cccc(-c2ncc[nH]2)c1. The summed E-state index contributed by atoms with van der Waals surface area (Å²) < 4.78 is 0. The number of nitrogens with zero attached hydrogens (tertiary/aromatic N) is 1. The van der Waals surface area contributed by atoms with Gasteiger partial charge in [0, 0.05) is 36.1 Å². The molecule has 5 heteroatoms. The van der Waals surface area contributed by atoms with Crippen LogP contribution in [0.15, 0.2) is 36.7 Å². The molecule has 4 N–H and O–H groups in total. The average molecular weight is 284 g/mol. The number of nitrogens with one attached hydrogen (secondary N) is 2. The van der Waals surface area contributed by atoms with E-state index in [1.807, 2.05) is 24.3 Å². The van der Waals surface area contributed by atoms with Gasteiger partial charge in [0.15, 0.2) is 0 Å². The number of amides is 1. The first-order valence-electron chi connectivity index (χ1n) is 7.37. The number of carbonyl (C=O) groups excluding carboxylic acids is 1. The minimum absolute atomic E-state index is 0.0361. The fourth-order valence-corrected chi connectivity index (χ4v) is 2.94. The van der Waals surface area contributed by atoms with Crippen LogP contribution in [0.3, 0.4) is 0 Å². The molecule has 110 valence electrons. The summed E-state index contributed by atoms with van der Waals surface area (Å²) in [7, 11) is 0. The van der Waals surface area contributed by atoms with E-state index in [-0.39, 0.29) is 11.9 Å². The van der Waals surface area contributed by atoms with E-state index in [0.29, 0.717) is 12.3 Å². The van der Waals surface area contributed by atoms with Crippen LogP contribution in [0.25, 0.3) is 11.4 Å². The molecule has 0 saturated heterocycles. The van der Waals surface area contributed by atoms with Crippen molar-refractivity contribution in [3.8, 4) is 11.4 Å². The fourth-order valence-electron chi connectivity index (χ4n) is 2.94. The second-order valence-corrected chi connectivity index (χ2v) is 5.63. The molecule has 0 unspecified atom stereocenters. The van der Waals surface area contributed by atoms with Crippen molar-refractivity contribution in [1.29, 1.82) is 0 Å². The minimum atomic E-state index is 0.0361. The normalized spacial score (nSPS) is 21.4. The van der Waals surface area contributed by atoms with Gasteiger partial charge >= 0.3 is 0 Å². The van der Waals surface area contributed by atoms with E-state index in [0.717, 1.165) is 36.3 Å². The van der Waals surface area contributed by atoms with Crippen LogP contribution in [0.5, 0.6) is 0 Å². The summed E-state index contributed by atoms with van der Waals surface area (Å²) in [5.74, 6) is 1.15. The van der Waals surface area contributed by atoms with E-state index < -0.39 is 0 Å². The lowest BCUT2D eigenvalue weighted by atomic mass is 10.00. The third-order valence-corrected chi connectivity index (χ3v) is 4.08. The molecule has 3 rings (SSSR count). The predicted molar refractivity (Wildman–Crippen MR) is 82.6 cm³/mol. The Morgan fingerprint density at radius 2 is 2.33 bits per heavy atom. The maximum atomic E-state index is 12.1. The highest BCUT2D eigenvalue weighted by Gasteiger charge is 2.25. The monoisotopic (exact) mass is 284 g/mol. The van der Waals surface area contributed by atoms with Crippen LogP contribution in [0.2, 0.25) is 0 Å². The number of carbonyl (C=O) groups is 1. The highest BCUT2D eigenvalue weighted by Crippen LogP contribution is 2.27. The number of H-pyrrole nitrogens is 1. The molecule has 1 aliphatic carbocycles. The number of benzene rings is 1. The van der Waals surface area contributed by atoms with Gasteiger partial charge in [-0.3, -0.25) is 4.79 Å². The topological polar surface area (TPSA) is 83.8 Å². The number of hydrogen-bond donors (Lipinski definition) is 3. The molecule has 1 heterocycles. The number of imidazole rings is 1. The molecule has 1 aromatic heterocycles. The molecule has 1 aromatic carbocycles. The summed E-state index contributed by atoms with van der Waals surface area (Å²) in [6.45, 7) is 0. The summed E-state index contributed by atoms with van der Waals surface area (Å²) in [5, 5.41) is 2.96. The van der Waals surface area contributed by atoms with E-state index in [4.69, 9.17) is 5.73 Å². The zero-order chi connectivity index (χ0) is 14.7. The quantitative estimate of drug-likeness (QED) is 0.806. The molecule has 0 radical (unpaired) electrons. The Hall–Kier alpha value is -2.14. The van der Waals surface area contributed by atoms with Gasteiger partial charge in [-0.05, 0) is 30.9 Å². The maximum Gasteiger partial charge on any atom is 0.224 e. The smallest absolute Gasteiger partial charge is 0.224 e. The Kier molecular flexibility index (Phi) is 4.01. The van der Waals surface area contributed by atoms with Crippen molar-refractivity contribution in [3.05, 3.63) is 36.7 Å². The number of nitrogens with two attached hydrogens (primary N) is 1. The molecule has 21 heavy (non-hydrogen) atoms. The van der Waals surface area contributed by atoms with Crippen molar-refractivity contribution in [1.82, 2.24) is 9.97 Å². The van der Waals surface area contributed by atoms with Gasteiger partial charge in [-0.1, -0.05) is 18.6 Å². The van der Waals surface area contributed by atoms with Gasteiger partial charge in [-0.25, -0.2) is 4.98 Å². The Labute approximate surface area is 124 Å². The molecule has 1 fully saturated rings. The molecule has 2 atom stereocenters. The Balaban J connectivity index is 1.65. The van der Waals surface area contributed by atoms with Crippen molar-refractivity contribution in [3.63, 3.8) is 0 Å². The first-order chi connectivity index (χ1) is 10.2. The van der Waals surface area contributed by atoms with E-state index >= 15 is 0 Å². The average Bonchev–Trinajstić information content (AvgIpc) is 3.12. The molecule has 0 aliphatic heterocycles. The second kappa shape index (κ2) is 6.10. The molecule has 1 aliphatic rings. The van der Waals surface area contributed by atoms with Crippen molar-refractivity contribution in [2.24, 2.45) is 11.7 Å². The molecule has 2 aromatic rings. The van der Waals surface area contributed by atoms with Gasteiger partial charge in [0.25, 0.3) is 0 Å². The first-order valence-corrected chi connectivity index (χ1v) is 7.37. The van der Waals surface area contributed by atoms with Gasteiger partial charge < -0.3 is 16.0 Å². The zero-order valence-corrected chi connectivity index (χ0v) is 11.9. The van der Waals surface area contributed by atoms with Gasteiger partial charge in [-0.2, -0.15) is 0 Å². The van der Waals surface area contributed by atoms with Crippen molar-refractivity contribution < 1.29 is 4.79 Å². The van der Waals surface area contributed by atoms with Gasteiger partial charge in [0.2, 0.25) is 5.91 Å². The third-order valence-electron chi connectivity index (χ3n) is 4.08. The third kappa shape index (κ3) is 3.31. The standard InChI is InChI=1S/C16H20N4O/c17-14-6-2-3-11(14)10-15(21)20-13-5-1-4-12(9-13)16-18-7-8-19-16/h1,4-5,7-9,11,14H,2-3,6,10,17H2,(H,18,19)(H,20,21)/t11-,14+/m0/s1. The van der Waals surface area contributed by atoms with Crippen LogP contribution in [-0.2, 0) is 4.79 Å². The van der Waals surface area contributed by atoms with Gasteiger partial charge in [0.05, 0.1) is 0 Å². The van der Waals surface area contributed by atoms with Crippen LogP contribution in [-0.4, -0.2) is 21.9 Å². The summed E-state index contributed by atoms with van der Waals surface area (Å²) in [4.78, 5) is 19.4. The largest absolute Gasteiger partial charge is 0.345 e. The highest BCUT2D eigenvalue weighted by atomic mass is 16.1. The van der Waals surface area contributed by atoms with Crippen LogP contribution < -0.4 is 11.1 Å². The molecule has 0 spiro atoms. The lowest BCUT2D eigenvalue weighted by Crippen LogP contribution is -2.28. The summed E-state index contributed by atoms with van der Waals surface area (Å²) >= 11 is 0. The summed E-state index contributed by atoms with van der Waals surface area (Å²) in [5.41, 5.74) is 7.76. The number of rotatable bonds is 4. The number of anilines is 1. The Morgan fingerprint density at radius 3 is 3.05 bits per heavy atom. The summed E-state index contributed by atoms with van der Waals surface area (Å²) in [6, 6.07) is 7.85. The zero-order valence-electron chi connectivity index (χ0n) is 11.9. The van der Waals surface area contributed by atoms with Crippen LogP contribution in [0.1, 0.15) is 25.7 Å². The molecular weight excluding hydrogens is 264 g/mol. The van der Waals surface area contributed by atoms with Crippen molar-refractivity contribution in [2.75, 3.05) is 5.32 Å². The minimum Gasteiger partial charge on any atom is -0.345 e. The fraction of sp³-hybridized carbons (Fsp3) is 0.375. The first kappa shape index (κ1) is 13.8. The maximum absolute atomic E-state index is 12.1. The van der Waals surface area contributed by atoms with E-state index in [9.17, 15) is 4.79 Å². The molecule has 1 amide bonds. The summed E-state index contributed by atoms with van der Waals surface area (Å²) in [6.07, 6.45) is 7.22. The molecule has 5 nitrogen and oxygen atoms in total. The molecular formula is C16H20N4O.